The van der Waals surface area contributed by atoms with Crippen LogP contribution in [0.5, 0.6) is 5.75 Å². The van der Waals surface area contributed by atoms with Gasteiger partial charge in [-0.3, -0.25) is 0 Å². The van der Waals surface area contributed by atoms with Crippen LogP contribution in [0.2, 0.25) is 5.02 Å². The van der Waals surface area contributed by atoms with Gasteiger partial charge >= 0.3 is 0 Å². The minimum atomic E-state index is 0.138. The lowest BCUT2D eigenvalue weighted by molar-refractivity contribution is 0.160. The van der Waals surface area contributed by atoms with E-state index in [-0.39, 0.29) is 6.10 Å². The summed E-state index contributed by atoms with van der Waals surface area (Å²) in [6.45, 7) is 9.88. The van der Waals surface area contributed by atoms with E-state index in [1.807, 2.05) is 24.3 Å². The zero-order valence-electron chi connectivity index (χ0n) is 13.2. The molecular formula is C17H28ClNO. The monoisotopic (exact) mass is 297 g/mol. The van der Waals surface area contributed by atoms with Crippen LogP contribution in [-0.2, 0) is 0 Å². The van der Waals surface area contributed by atoms with Gasteiger partial charge in [-0.1, -0.05) is 38.4 Å². The van der Waals surface area contributed by atoms with Crippen LogP contribution in [0.3, 0.4) is 0 Å². The molecule has 1 aromatic carbocycles. The molecule has 114 valence electrons. The molecule has 2 unspecified atom stereocenters. The third kappa shape index (κ3) is 6.62. The van der Waals surface area contributed by atoms with E-state index in [2.05, 4.69) is 33.0 Å². The summed E-state index contributed by atoms with van der Waals surface area (Å²) in [6, 6.07) is 8.01. The SMILES string of the molecule is CCCNC(CCC(C)C)C(C)Oc1cccc(Cl)c1. The van der Waals surface area contributed by atoms with E-state index in [1.165, 1.54) is 6.42 Å². The van der Waals surface area contributed by atoms with Gasteiger partial charge in [0.2, 0.25) is 0 Å². The Labute approximate surface area is 128 Å². The first-order chi connectivity index (χ1) is 9.52. The van der Waals surface area contributed by atoms with E-state index in [0.717, 1.165) is 36.1 Å². The molecule has 0 amide bonds. The van der Waals surface area contributed by atoms with E-state index < -0.39 is 0 Å². The van der Waals surface area contributed by atoms with E-state index in [1.54, 1.807) is 0 Å². The van der Waals surface area contributed by atoms with Crippen molar-refractivity contribution in [3.05, 3.63) is 29.3 Å². The maximum atomic E-state index is 6.04. The van der Waals surface area contributed by atoms with Crippen LogP contribution in [-0.4, -0.2) is 18.7 Å². The molecule has 2 atom stereocenters. The van der Waals surface area contributed by atoms with Crippen molar-refractivity contribution in [1.82, 2.24) is 5.32 Å². The Kier molecular flexibility index (Phi) is 8.01. The third-order valence-corrected chi connectivity index (χ3v) is 3.63. The molecule has 3 heteroatoms. The molecule has 0 radical (unpaired) electrons. The number of halogens is 1. The van der Waals surface area contributed by atoms with E-state index >= 15 is 0 Å². The molecule has 0 aliphatic heterocycles. The van der Waals surface area contributed by atoms with Gasteiger partial charge < -0.3 is 10.1 Å². The van der Waals surface area contributed by atoms with Crippen LogP contribution < -0.4 is 10.1 Å². The van der Waals surface area contributed by atoms with Gasteiger partial charge in [0.15, 0.2) is 0 Å². The number of nitrogens with one attached hydrogen (secondary N) is 1. The van der Waals surface area contributed by atoms with Gasteiger partial charge in [0.25, 0.3) is 0 Å². The van der Waals surface area contributed by atoms with Crippen molar-refractivity contribution in [2.45, 2.75) is 59.1 Å². The minimum absolute atomic E-state index is 0.138. The van der Waals surface area contributed by atoms with Crippen molar-refractivity contribution in [3.63, 3.8) is 0 Å². The zero-order chi connectivity index (χ0) is 15.0. The largest absolute Gasteiger partial charge is 0.489 e. The van der Waals surface area contributed by atoms with Gasteiger partial charge in [0, 0.05) is 11.1 Å². The fourth-order valence-corrected chi connectivity index (χ4v) is 2.36. The molecule has 0 aliphatic rings. The summed E-state index contributed by atoms with van der Waals surface area (Å²) in [4.78, 5) is 0. The maximum Gasteiger partial charge on any atom is 0.121 e. The Hall–Kier alpha value is -0.730. The average molecular weight is 298 g/mol. The summed E-state index contributed by atoms with van der Waals surface area (Å²) >= 11 is 6.00. The van der Waals surface area contributed by atoms with Crippen LogP contribution in [0.1, 0.15) is 47.0 Å². The first-order valence-electron chi connectivity index (χ1n) is 7.68. The second-order valence-corrected chi connectivity index (χ2v) is 6.25. The highest BCUT2D eigenvalue weighted by Gasteiger charge is 2.18. The van der Waals surface area contributed by atoms with E-state index in [9.17, 15) is 0 Å². The lowest BCUT2D eigenvalue weighted by Crippen LogP contribution is -2.42. The molecule has 0 fully saturated rings. The molecule has 2 nitrogen and oxygen atoms in total. The molecule has 1 rings (SSSR count). The third-order valence-electron chi connectivity index (χ3n) is 3.40. The van der Waals surface area contributed by atoms with Gasteiger partial charge in [-0.05, 0) is 56.8 Å². The van der Waals surface area contributed by atoms with Gasteiger partial charge in [-0.25, -0.2) is 0 Å². The van der Waals surface area contributed by atoms with Gasteiger partial charge in [0.1, 0.15) is 11.9 Å². The standard InChI is InChI=1S/C17H28ClNO/c1-5-11-19-17(10-9-13(2)3)14(4)20-16-8-6-7-15(18)12-16/h6-8,12-14,17,19H,5,9-11H2,1-4H3. The molecule has 0 aliphatic carbocycles. The molecule has 0 bridgehead atoms. The number of hydrogen-bond acceptors (Lipinski definition) is 2. The van der Waals surface area contributed by atoms with Gasteiger partial charge in [-0.15, -0.1) is 0 Å². The Morgan fingerprint density at radius 2 is 1.95 bits per heavy atom. The topological polar surface area (TPSA) is 21.3 Å². The Bertz CT molecular complexity index is 381. The highest BCUT2D eigenvalue weighted by atomic mass is 35.5. The number of benzene rings is 1. The highest BCUT2D eigenvalue weighted by Crippen LogP contribution is 2.20. The second kappa shape index (κ2) is 9.25. The van der Waals surface area contributed by atoms with Crippen LogP contribution in [0.15, 0.2) is 24.3 Å². The smallest absolute Gasteiger partial charge is 0.121 e. The van der Waals surface area contributed by atoms with E-state index in [0.29, 0.717) is 6.04 Å². The average Bonchev–Trinajstić information content (AvgIpc) is 2.38. The summed E-state index contributed by atoms with van der Waals surface area (Å²) in [7, 11) is 0. The molecule has 1 aromatic rings. The minimum Gasteiger partial charge on any atom is -0.489 e. The second-order valence-electron chi connectivity index (χ2n) is 5.81. The maximum absolute atomic E-state index is 6.04. The molecule has 0 saturated heterocycles. The summed E-state index contributed by atoms with van der Waals surface area (Å²) in [5.74, 6) is 1.57. The summed E-state index contributed by atoms with van der Waals surface area (Å²) < 4.78 is 6.04. The molecule has 0 heterocycles. The van der Waals surface area contributed by atoms with Crippen molar-refractivity contribution in [3.8, 4) is 5.75 Å². The quantitative estimate of drug-likeness (QED) is 0.699. The molecule has 0 aromatic heterocycles. The van der Waals surface area contributed by atoms with Crippen LogP contribution in [0.4, 0.5) is 0 Å². The fraction of sp³-hybridized carbons (Fsp3) is 0.647. The predicted octanol–water partition coefficient (Wildman–Crippen LogP) is 4.91. The Morgan fingerprint density at radius 1 is 1.20 bits per heavy atom. The van der Waals surface area contributed by atoms with Crippen molar-refractivity contribution in [1.29, 1.82) is 0 Å². The Morgan fingerprint density at radius 3 is 2.55 bits per heavy atom. The normalized spacial score (nSPS) is 14.3. The van der Waals surface area contributed by atoms with Crippen molar-refractivity contribution < 1.29 is 4.74 Å². The first kappa shape index (κ1) is 17.3. The zero-order valence-corrected chi connectivity index (χ0v) is 13.9. The van der Waals surface area contributed by atoms with Crippen LogP contribution >= 0.6 is 11.6 Å². The number of rotatable bonds is 9. The van der Waals surface area contributed by atoms with Gasteiger partial charge in [0.05, 0.1) is 0 Å². The lowest BCUT2D eigenvalue weighted by atomic mass is 10.00. The van der Waals surface area contributed by atoms with E-state index in [4.69, 9.17) is 16.3 Å². The summed E-state index contributed by atoms with van der Waals surface area (Å²) in [5, 5.41) is 4.32. The molecule has 0 spiro atoms. The molecule has 1 N–H and O–H groups in total. The first-order valence-corrected chi connectivity index (χ1v) is 8.06. The number of hydrogen-bond donors (Lipinski definition) is 1. The number of ether oxygens (including phenoxy) is 1. The summed E-state index contributed by atoms with van der Waals surface area (Å²) in [6.07, 6.45) is 3.63. The van der Waals surface area contributed by atoms with Crippen LogP contribution in [0.25, 0.3) is 0 Å². The predicted molar refractivity (Wildman–Crippen MR) is 87.7 cm³/mol. The van der Waals surface area contributed by atoms with Gasteiger partial charge in [-0.2, -0.15) is 0 Å². The molecule has 0 saturated carbocycles. The fourth-order valence-electron chi connectivity index (χ4n) is 2.18. The lowest BCUT2D eigenvalue weighted by Gasteiger charge is -2.27. The molecular weight excluding hydrogens is 270 g/mol. The highest BCUT2D eigenvalue weighted by molar-refractivity contribution is 6.30. The Balaban J connectivity index is 2.58. The van der Waals surface area contributed by atoms with Crippen LogP contribution in [0, 0.1) is 5.92 Å². The van der Waals surface area contributed by atoms with Crippen molar-refractivity contribution in [2.24, 2.45) is 5.92 Å². The van der Waals surface area contributed by atoms with Crippen molar-refractivity contribution >= 4 is 11.6 Å². The summed E-state index contributed by atoms with van der Waals surface area (Å²) in [5.41, 5.74) is 0. The van der Waals surface area contributed by atoms with Crippen molar-refractivity contribution in [2.75, 3.05) is 6.54 Å². The molecule has 20 heavy (non-hydrogen) atoms.